The van der Waals surface area contributed by atoms with Crippen LogP contribution in [-0.2, 0) is 6.18 Å². The Morgan fingerprint density at radius 3 is 2.23 bits per heavy atom. The van der Waals surface area contributed by atoms with Crippen LogP contribution in [0.5, 0.6) is 0 Å². The van der Waals surface area contributed by atoms with E-state index in [0.717, 1.165) is 36.6 Å². The Hall–Kier alpha value is -1.21. The molecule has 1 aliphatic heterocycles. The third kappa shape index (κ3) is 4.36. The van der Waals surface area contributed by atoms with Gasteiger partial charge in [-0.1, -0.05) is 29.8 Å². The van der Waals surface area contributed by atoms with Crippen molar-refractivity contribution in [1.29, 1.82) is 0 Å². The van der Waals surface area contributed by atoms with Gasteiger partial charge in [0.1, 0.15) is 0 Å². The number of rotatable bonds is 4. The summed E-state index contributed by atoms with van der Waals surface area (Å²) >= 11 is 7.45. The third-order valence-corrected chi connectivity index (χ3v) is 5.63. The molecule has 2 nitrogen and oxygen atoms in total. The second-order valence-electron chi connectivity index (χ2n) is 6.20. The molecule has 140 valence electrons. The zero-order chi connectivity index (χ0) is 18.7. The van der Waals surface area contributed by atoms with Gasteiger partial charge in [0.15, 0.2) is 0 Å². The van der Waals surface area contributed by atoms with Gasteiger partial charge in [-0.2, -0.15) is 13.2 Å². The summed E-state index contributed by atoms with van der Waals surface area (Å²) in [5, 5.41) is 3.02. The lowest BCUT2D eigenvalue weighted by Crippen LogP contribution is -2.45. The first-order valence-corrected chi connectivity index (χ1v) is 9.96. The maximum atomic E-state index is 13.3. The summed E-state index contributed by atoms with van der Waals surface area (Å²) in [5.74, 6) is 0. The van der Waals surface area contributed by atoms with Crippen LogP contribution < -0.4 is 5.32 Å². The number of nitrogens with one attached hydrogen (secondary N) is 1. The van der Waals surface area contributed by atoms with E-state index >= 15 is 0 Å². The van der Waals surface area contributed by atoms with Crippen molar-refractivity contribution >= 4 is 23.4 Å². The van der Waals surface area contributed by atoms with E-state index in [1.165, 1.54) is 12.1 Å². The summed E-state index contributed by atoms with van der Waals surface area (Å²) in [6.07, 6.45) is -2.47. The SMILES string of the molecule is CSc1ccc(C(c2ccc(Cl)c(C(F)(F)F)c2)N2CCNCC2)cc1. The smallest absolute Gasteiger partial charge is 0.314 e. The van der Waals surface area contributed by atoms with E-state index < -0.39 is 11.7 Å². The van der Waals surface area contributed by atoms with Crippen LogP contribution in [0.4, 0.5) is 13.2 Å². The average Bonchev–Trinajstić information content (AvgIpc) is 2.64. The minimum Gasteiger partial charge on any atom is -0.314 e. The van der Waals surface area contributed by atoms with Crippen LogP contribution in [0.3, 0.4) is 0 Å². The highest BCUT2D eigenvalue weighted by atomic mass is 35.5. The van der Waals surface area contributed by atoms with Crippen LogP contribution in [0.25, 0.3) is 0 Å². The Morgan fingerprint density at radius 2 is 1.65 bits per heavy atom. The quantitative estimate of drug-likeness (QED) is 0.721. The zero-order valence-electron chi connectivity index (χ0n) is 14.3. The van der Waals surface area contributed by atoms with Crippen LogP contribution in [0.15, 0.2) is 47.4 Å². The second-order valence-corrected chi connectivity index (χ2v) is 7.49. The number of halogens is 4. The fourth-order valence-corrected chi connectivity index (χ4v) is 3.90. The number of alkyl halides is 3. The van der Waals surface area contributed by atoms with Gasteiger partial charge >= 0.3 is 6.18 Å². The maximum absolute atomic E-state index is 13.3. The molecule has 1 aliphatic rings. The highest BCUT2D eigenvalue weighted by molar-refractivity contribution is 7.98. The average molecular weight is 401 g/mol. The van der Waals surface area contributed by atoms with E-state index in [1.807, 2.05) is 30.5 Å². The van der Waals surface area contributed by atoms with Gasteiger partial charge in [-0.3, -0.25) is 4.90 Å². The molecule has 2 aromatic rings. The molecule has 1 N–H and O–H groups in total. The molecule has 0 amide bonds. The van der Waals surface area contributed by atoms with Crippen molar-refractivity contribution in [2.45, 2.75) is 17.1 Å². The van der Waals surface area contributed by atoms with Gasteiger partial charge in [-0.05, 0) is 41.6 Å². The van der Waals surface area contributed by atoms with Crippen molar-refractivity contribution in [2.75, 3.05) is 32.4 Å². The summed E-state index contributed by atoms with van der Waals surface area (Å²) in [6.45, 7) is 3.19. The molecular formula is C19H20ClF3N2S. The molecule has 26 heavy (non-hydrogen) atoms. The molecule has 0 bridgehead atoms. The normalized spacial score (nSPS) is 17.3. The highest BCUT2D eigenvalue weighted by Gasteiger charge is 2.34. The van der Waals surface area contributed by atoms with E-state index in [4.69, 9.17) is 11.6 Å². The van der Waals surface area contributed by atoms with Crippen molar-refractivity contribution in [1.82, 2.24) is 10.2 Å². The van der Waals surface area contributed by atoms with Gasteiger partial charge in [-0.25, -0.2) is 0 Å². The molecule has 2 aromatic carbocycles. The predicted octanol–water partition coefficient (Wildman–Crippen LogP) is 5.08. The van der Waals surface area contributed by atoms with Gasteiger partial charge in [0.2, 0.25) is 0 Å². The number of hydrogen-bond donors (Lipinski definition) is 1. The summed E-state index contributed by atoms with van der Waals surface area (Å²) in [7, 11) is 0. The van der Waals surface area contributed by atoms with Gasteiger partial charge in [0, 0.05) is 31.1 Å². The van der Waals surface area contributed by atoms with Crippen molar-refractivity contribution in [3.8, 4) is 0 Å². The van der Waals surface area contributed by atoms with Crippen LogP contribution in [0, 0.1) is 0 Å². The monoisotopic (exact) mass is 400 g/mol. The predicted molar refractivity (Wildman–Crippen MR) is 101 cm³/mol. The van der Waals surface area contributed by atoms with Crippen molar-refractivity contribution < 1.29 is 13.2 Å². The van der Waals surface area contributed by atoms with Gasteiger partial charge in [-0.15, -0.1) is 11.8 Å². The Balaban J connectivity index is 2.05. The molecule has 0 radical (unpaired) electrons. The molecule has 1 heterocycles. The fourth-order valence-electron chi connectivity index (χ4n) is 3.27. The van der Waals surface area contributed by atoms with Gasteiger partial charge < -0.3 is 5.32 Å². The Labute approximate surface area is 160 Å². The van der Waals surface area contributed by atoms with Gasteiger partial charge in [0.05, 0.1) is 16.6 Å². The van der Waals surface area contributed by atoms with Crippen molar-refractivity contribution in [3.05, 3.63) is 64.2 Å². The molecule has 0 aliphatic carbocycles. The summed E-state index contributed by atoms with van der Waals surface area (Å²) in [6, 6.07) is 12.0. The van der Waals surface area contributed by atoms with Gasteiger partial charge in [0.25, 0.3) is 0 Å². The largest absolute Gasteiger partial charge is 0.417 e. The molecule has 1 atom stereocenters. The number of piperazine rings is 1. The number of thioether (sulfide) groups is 1. The van der Waals surface area contributed by atoms with Crippen LogP contribution >= 0.6 is 23.4 Å². The topological polar surface area (TPSA) is 15.3 Å². The maximum Gasteiger partial charge on any atom is 0.417 e. The molecule has 3 rings (SSSR count). The van der Waals surface area contributed by atoms with E-state index in [1.54, 1.807) is 17.8 Å². The minimum atomic E-state index is -4.47. The third-order valence-electron chi connectivity index (χ3n) is 4.56. The Kier molecular flexibility index (Phi) is 6.17. The van der Waals surface area contributed by atoms with E-state index in [9.17, 15) is 13.2 Å². The second kappa shape index (κ2) is 8.21. The number of nitrogens with zero attached hydrogens (tertiary/aromatic N) is 1. The first-order valence-electron chi connectivity index (χ1n) is 8.35. The van der Waals surface area contributed by atoms with Crippen LogP contribution in [0.2, 0.25) is 5.02 Å². The van der Waals surface area contributed by atoms with Crippen LogP contribution in [-0.4, -0.2) is 37.3 Å². The van der Waals surface area contributed by atoms with E-state index in [0.29, 0.717) is 5.56 Å². The lowest BCUT2D eigenvalue weighted by Gasteiger charge is -2.36. The summed E-state index contributed by atoms with van der Waals surface area (Å²) < 4.78 is 40.0. The Bertz CT molecular complexity index is 743. The van der Waals surface area contributed by atoms with E-state index in [-0.39, 0.29) is 11.1 Å². The standard InChI is InChI=1S/C19H20ClF3N2S/c1-26-15-5-2-13(3-6-15)18(25-10-8-24-9-11-25)14-4-7-17(20)16(12-14)19(21,22)23/h2-7,12,18,24H,8-11H2,1H3. The Morgan fingerprint density at radius 1 is 1.04 bits per heavy atom. The fraction of sp³-hybridized carbons (Fsp3) is 0.368. The molecule has 7 heteroatoms. The summed E-state index contributed by atoms with van der Waals surface area (Å²) in [5.41, 5.74) is 0.818. The van der Waals surface area contributed by atoms with Crippen molar-refractivity contribution in [2.24, 2.45) is 0 Å². The molecule has 1 unspecified atom stereocenters. The lowest BCUT2D eigenvalue weighted by molar-refractivity contribution is -0.137. The lowest BCUT2D eigenvalue weighted by atomic mass is 9.95. The van der Waals surface area contributed by atoms with Crippen molar-refractivity contribution in [3.63, 3.8) is 0 Å². The molecule has 0 spiro atoms. The number of benzene rings is 2. The molecule has 0 saturated carbocycles. The highest BCUT2D eigenvalue weighted by Crippen LogP contribution is 2.38. The first-order chi connectivity index (χ1) is 12.4. The molecule has 1 saturated heterocycles. The molecular weight excluding hydrogens is 381 g/mol. The molecule has 0 aromatic heterocycles. The first kappa shape index (κ1) is 19.5. The van der Waals surface area contributed by atoms with Crippen LogP contribution in [0.1, 0.15) is 22.7 Å². The van der Waals surface area contributed by atoms with E-state index in [2.05, 4.69) is 10.2 Å². The summed E-state index contributed by atoms with van der Waals surface area (Å²) in [4.78, 5) is 3.34. The zero-order valence-corrected chi connectivity index (χ0v) is 15.9. The number of hydrogen-bond acceptors (Lipinski definition) is 3. The minimum absolute atomic E-state index is 0.230. The molecule has 1 fully saturated rings.